The number of hydrogen-bond donors (Lipinski definition) is 2. The van der Waals surface area contributed by atoms with Gasteiger partial charge in [-0.1, -0.05) is 0 Å². The Kier molecular flexibility index (Phi) is 1.82. The normalized spacial score (nSPS) is 33.6. The van der Waals surface area contributed by atoms with Crippen LogP contribution in [0.1, 0.15) is 25.7 Å². The lowest BCUT2D eigenvalue weighted by molar-refractivity contribution is 0.150. The van der Waals surface area contributed by atoms with Gasteiger partial charge in [0.15, 0.2) is 0 Å². The molecule has 0 aromatic carbocycles. The lowest BCUT2D eigenvalue weighted by Crippen LogP contribution is -2.46. The Morgan fingerprint density at radius 2 is 1.91 bits per heavy atom. The van der Waals surface area contributed by atoms with Crippen molar-refractivity contribution in [2.24, 2.45) is 5.41 Å². The molecule has 0 saturated carbocycles. The van der Waals surface area contributed by atoms with E-state index in [0.717, 1.165) is 26.2 Å². The summed E-state index contributed by atoms with van der Waals surface area (Å²) >= 11 is 0. The molecule has 0 atom stereocenters. The van der Waals surface area contributed by atoms with Crippen LogP contribution in [0.4, 0.5) is 0 Å². The Morgan fingerprint density at radius 3 is 2.64 bits per heavy atom. The highest BCUT2D eigenvalue weighted by molar-refractivity contribution is 4.89. The molecule has 0 radical (unpaired) electrons. The van der Waals surface area contributed by atoms with E-state index in [1.165, 1.54) is 25.7 Å². The quantitative estimate of drug-likeness (QED) is 0.539. The smallest absolute Gasteiger partial charge is 0.122 e. The molecule has 64 valence electrons. The average molecular weight is 155 g/mol. The minimum Gasteiger partial charge on any atom is -0.317 e. The van der Waals surface area contributed by atoms with Crippen molar-refractivity contribution in [2.75, 3.05) is 26.2 Å². The summed E-state index contributed by atoms with van der Waals surface area (Å²) in [4.78, 5) is 0. The first kappa shape index (κ1) is 6.44. The second-order valence-electron chi connectivity index (χ2n) is 3.96. The molecule has 1 spiro atoms. The van der Waals surface area contributed by atoms with Crippen molar-refractivity contribution >= 4 is 0 Å². The SMILES string of the molecule is [2H]N1CCCC2(CCNCC2)C1. The van der Waals surface area contributed by atoms with E-state index in [1.54, 1.807) is 5.31 Å². The largest absolute Gasteiger partial charge is 0.317 e. The molecule has 2 fully saturated rings. The van der Waals surface area contributed by atoms with Crippen LogP contribution in [-0.2, 0) is 0 Å². The summed E-state index contributed by atoms with van der Waals surface area (Å²) in [5.74, 6) is 0. The lowest BCUT2D eigenvalue weighted by Gasteiger charge is -2.41. The van der Waals surface area contributed by atoms with Gasteiger partial charge < -0.3 is 10.6 Å². The molecule has 2 rings (SSSR count). The molecule has 2 heterocycles. The van der Waals surface area contributed by atoms with Crippen molar-refractivity contribution in [2.45, 2.75) is 25.7 Å². The third kappa shape index (κ3) is 1.57. The van der Waals surface area contributed by atoms with Crippen molar-refractivity contribution in [1.29, 1.82) is 0 Å². The van der Waals surface area contributed by atoms with Crippen molar-refractivity contribution in [3.63, 3.8) is 0 Å². The predicted molar refractivity (Wildman–Crippen MR) is 46.6 cm³/mol. The van der Waals surface area contributed by atoms with E-state index in [2.05, 4.69) is 5.32 Å². The fraction of sp³-hybridized carbons (Fsp3) is 1.00. The van der Waals surface area contributed by atoms with Gasteiger partial charge in [-0.15, -0.1) is 0 Å². The van der Waals surface area contributed by atoms with Gasteiger partial charge in [0.25, 0.3) is 0 Å². The van der Waals surface area contributed by atoms with Gasteiger partial charge in [-0.05, 0) is 50.7 Å². The number of rotatable bonds is 0. The molecule has 2 aliphatic heterocycles. The van der Waals surface area contributed by atoms with Gasteiger partial charge in [-0.2, -0.15) is 0 Å². The van der Waals surface area contributed by atoms with Crippen LogP contribution in [0.3, 0.4) is 0 Å². The van der Waals surface area contributed by atoms with Crippen molar-refractivity contribution in [1.82, 2.24) is 10.6 Å². The topological polar surface area (TPSA) is 24.1 Å². The zero-order valence-corrected chi connectivity index (χ0v) is 7.10. The third-order valence-electron chi connectivity index (χ3n) is 3.13. The highest BCUT2D eigenvalue weighted by Crippen LogP contribution is 2.34. The van der Waals surface area contributed by atoms with Crippen LogP contribution < -0.4 is 10.6 Å². The van der Waals surface area contributed by atoms with Crippen LogP contribution in [-0.4, -0.2) is 26.2 Å². The Hall–Kier alpha value is -0.0800. The van der Waals surface area contributed by atoms with Crippen molar-refractivity contribution in [3.8, 4) is 0 Å². The second kappa shape index (κ2) is 3.11. The fourth-order valence-corrected chi connectivity index (χ4v) is 2.33. The van der Waals surface area contributed by atoms with E-state index in [0.29, 0.717) is 5.41 Å². The minimum atomic E-state index is 0.505. The molecule has 11 heavy (non-hydrogen) atoms. The van der Waals surface area contributed by atoms with E-state index < -0.39 is 0 Å². The monoisotopic (exact) mass is 155 g/mol. The zero-order chi connectivity index (χ0) is 8.44. The van der Waals surface area contributed by atoms with Crippen LogP contribution in [0, 0.1) is 5.41 Å². The standard InChI is InChI=1S/C9H18N2/c1-2-9(8-11-5-1)3-6-10-7-4-9/h10-11H,1-8H2/i/hD. The van der Waals surface area contributed by atoms with Crippen molar-refractivity contribution < 1.29 is 1.41 Å². The van der Waals surface area contributed by atoms with Gasteiger partial charge >= 0.3 is 0 Å². The van der Waals surface area contributed by atoms with Gasteiger partial charge in [0.2, 0.25) is 0 Å². The summed E-state index contributed by atoms with van der Waals surface area (Å²) in [6.07, 6.45) is 5.14. The molecule has 0 aromatic heterocycles. The maximum atomic E-state index is 7.65. The molecule has 2 N–H and O–H groups in total. The number of piperidine rings is 2. The molecule has 2 aliphatic rings. The maximum Gasteiger partial charge on any atom is 0.122 e. The third-order valence-corrected chi connectivity index (χ3v) is 3.13. The Bertz CT molecular complexity index is 149. The summed E-state index contributed by atoms with van der Waals surface area (Å²) in [5.41, 5.74) is 0.505. The summed E-state index contributed by atoms with van der Waals surface area (Å²) in [6, 6.07) is 0. The first-order valence-corrected chi connectivity index (χ1v) is 4.75. The molecule has 2 saturated heterocycles. The Labute approximate surface area is 70.2 Å². The fourth-order valence-electron chi connectivity index (χ4n) is 2.33. The van der Waals surface area contributed by atoms with E-state index >= 15 is 0 Å². The van der Waals surface area contributed by atoms with Crippen LogP contribution in [0.15, 0.2) is 0 Å². The Balaban J connectivity index is 1.97. The minimum absolute atomic E-state index is 0.505. The van der Waals surface area contributed by atoms with E-state index in [4.69, 9.17) is 1.41 Å². The molecule has 0 bridgehead atoms. The van der Waals surface area contributed by atoms with Gasteiger partial charge in [-0.25, -0.2) is 0 Å². The van der Waals surface area contributed by atoms with E-state index in [-0.39, 0.29) is 0 Å². The summed E-state index contributed by atoms with van der Waals surface area (Å²) in [7, 11) is 0. The van der Waals surface area contributed by atoms with Gasteiger partial charge in [0, 0.05) is 6.54 Å². The van der Waals surface area contributed by atoms with Crippen LogP contribution in [0.2, 0.25) is 1.41 Å². The lowest BCUT2D eigenvalue weighted by atomic mass is 9.73. The first-order chi connectivity index (χ1) is 5.81. The summed E-state index contributed by atoms with van der Waals surface area (Å²) < 4.78 is 7.65. The van der Waals surface area contributed by atoms with Gasteiger partial charge in [0.05, 0.1) is 0 Å². The highest BCUT2D eigenvalue weighted by atomic mass is 14.9. The summed E-state index contributed by atoms with van der Waals surface area (Å²) in [5, 5.41) is 5.15. The van der Waals surface area contributed by atoms with Crippen LogP contribution in [0.25, 0.3) is 0 Å². The number of nitrogens with one attached hydrogen (secondary N) is 2. The van der Waals surface area contributed by atoms with Crippen molar-refractivity contribution in [3.05, 3.63) is 0 Å². The first-order valence-electron chi connectivity index (χ1n) is 5.20. The van der Waals surface area contributed by atoms with E-state index in [1.807, 2.05) is 0 Å². The van der Waals surface area contributed by atoms with Crippen LogP contribution >= 0.6 is 0 Å². The molecular weight excluding hydrogens is 136 g/mol. The molecule has 0 aromatic rings. The van der Waals surface area contributed by atoms with Gasteiger partial charge in [-0.3, -0.25) is 0 Å². The highest BCUT2D eigenvalue weighted by Gasteiger charge is 2.32. The number of hydrogen-bond acceptors (Lipinski definition) is 2. The zero-order valence-electron chi connectivity index (χ0n) is 8.10. The summed E-state index contributed by atoms with van der Waals surface area (Å²) in [6.45, 7) is 4.31. The van der Waals surface area contributed by atoms with Crippen LogP contribution in [0.5, 0.6) is 0 Å². The molecule has 0 amide bonds. The molecule has 0 unspecified atom stereocenters. The van der Waals surface area contributed by atoms with E-state index in [9.17, 15) is 0 Å². The Morgan fingerprint density at radius 1 is 1.09 bits per heavy atom. The predicted octanol–water partition coefficient (Wildman–Crippen LogP) is 0.740. The molecule has 2 nitrogen and oxygen atoms in total. The average Bonchev–Trinajstić information content (AvgIpc) is 2.05. The maximum absolute atomic E-state index is 7.65. The second-order valence-corrected chi connectivity index (χ2v) is 3.96. The van der Waals surface area contributed by atoms with Gasteiger partial charge in [0.1, 0.15) is 1.41 Å². The molecule has 0 aliphatic carbocycles. The molecule has 2 heteroatoms. The molecular formula is C9H18N2.